The Morgan fingerprint density at radius 2 is 2.16 bits per heavy atom. The van der Waals surface area contributed by atoms with Gasteiger partial charge in [-0.1, -0.05) is 30.0 Å². The number of nitrogens with one attached hydrogen (secondary N) is 1. The molecule has 0 aliphatic heterocycles. The average molecular weight is 291 g/mol. The molecule has 1 aromatic heterocycles. The number of carbonyl (C=O) groups is 1. The lowest BCUT2D eigenvalue weighted by atomic mass is 10.3. The molecule has 0 bridgehead atoms. The molecule has 2 atom stereocenters. The predicted molar refractivity (Wildman–Crippen MR) is 76.4 cm³/mol. The smallest absolute Gasteiger partial charge is 0.227 e. The molecule has 1 aliphatic rings. The van der Waals surface area contributed by atoms with Crippen molar-refractivity contribution in [2.24, 2.45) is 11.8 Å². The first-order chi connectivity index (χ1) is 9.22. The SMILES string of the molecule is C[C@@H]1C[C@H]1C(=O)Nc1ccc(Sc2nncs2)cc1. The molecule has 3 rings (SSSR count). The van der Waals surface area contributed by atoms with E-state index in [1.807, 2.05) is 24.3 Å². The van der Waals surface area contributed by atoms with Gasteiger partial charge in [0.05, 0.1) is 0 Å². The van der Waals surface area contributed by atoms with Crippen molar-refractivity contribution < 1.29 is 4.79 Å². The number of rotatable bonds is 4. The monoisotopic (exact) mass is 291 g/mol. The van der Waals surface area contributed by atoms with E-state index in [-0.39, 0.29) is 11.8 Å². The second-order valence-corrected chi connectivity index (χ2v) is 6.79. The number of benzene rings is 1. The molecule has 1 amide bonds. The fraction of sp³-hybridized carbons (Fsp3) is 0.308. The van der Waals surface area contributed by atoms with Gasteiger partial charge < -0.3 is 5.32 Å². The van der Waals surface area contributed by atoms with Gasteiger partial charge in [0.15, 0.2) is 4.34 Å². The number of anilines is 1. The van der Waals surface area contributed by atoms with Crippen molar-refractivity contribution in [3.05, 3.63) is 29.8 Å². The second-order valence-electron chi connectivity index (χ2n) is 4.64. The van der Waals surface area contributed by atoms with Gasteiger partial charge in [-0.05, 0) is 36.6 Å². The zero-order valence-corrected chi connectivity index (χ0v) is 12.0. The average Bonchev–Trinajstić information content (AvgIpc) is 2.92. The fourth-order valence-electron chi connectivity index (χ4n) is 1.84. The number of nitrogens with zero attached hydrogens (tertiary/aromatic N) is 2. The van der Waals surface area contributed by atoms with Crippen molar-refractivity contribution in [3.8, 4) is 0 Å². The molecule has 1 N–H and O–H groups in total. The van der Waals surface area contributed by atoms with Gasteiger partial charge >= 0.3 is 0 Å². The summed E-state index contributed by atoms with van der Waals surface area (Å²) in [6, 6.07) is 7.82. The Morgan fingerprint density at radius 3 is 2.74 bits per heavy atom. The molecule has 0 saturated heterocycles. The minimum atomic E-state index is 0.136. The van der Waals surface area contributed by atoms with Gasteiger partial charge in [0.2, 0.25) is 5.91 Å². The van der Waals surface area contributed by atoms with Crippen molar-refractivity contribution >= 4 is 34.7 Å². The van der Waals surface area contributed by atoms with E-state index < -0.39 is 0 Å². The van der Waals surface area contributed by atoms with Gasteiger partial charge in [0.1, 0.15) is 5.51 Å². The van der Waals surface area contributed by atoms with E-state index in [0.29, 0.717) is 5.92 Å². The van der Waals surface area contributed by atoms with Crippen LogP contribution in [0, 0.1) is 11.8 Å². The lowest BCUT2D eigenvalue weighted by Crippen LogP contribution is -2.14. The van der Waals surface area contributed by atoms with Gasteiger partial charge in [-0.2, -0.15) is 0 Å². The van der Waals surface area contributed by atoms with Crippen LogP contribution in [0.2, 0.25) is 0 Å². The largest absolute Gasteiger partial charge is 0.326 e. The van der Waals surface area contributed by atoms with Crippen LogP contribution in [0.25, 0.3) is 0 Å². The number of aromatic nitrogens is 2. The van der Waals surface area contributed by atoms with Crippen molar-refractivity contribution in [1.29, 1.82) is 0 Å². The highest BCUT2D eigenvalue weighted by Gasteiger charge is 2.38. The molecule has 0 spiro atoms. The summed E-state index contributed by atoms with van der Waals surface area (Å²) >= 11 is 3.09. The summed E-state index contributed by atoms with van der Waals surface area (Å²) in [6.45, 7) is 2.10. The van der Waals surface area contributed by atoms with Crippen molar-refractivity contribution in [3.63, 3.8) is 0 Å². The third kappa shape index (κ3) is 3.13. The van der Waals surface area contributed by atoms with E-state index in [1.54, 1.807) is 17.3 Å². The van der Waals surface area contributed by atoms with Crippen LogP contribution < -0.4 is 5.32 Å². The third-order valence-electron chi connectivity index (χ3n) is 3.11. The maximum absolute atomic E-state index is 11.8. The summed E-state index contributed by atoms with van der Waals surface area (Å²) in [4.78, 5) is 12.9. The van der Waals surface area contributed by atoms with Gasteiger partial charge in [-0.3, -0.25) is 4.79 Å². The van der Waals surface area contributed by atoms with Crippen LogP contribution in [-0.4, -0.2) is 16.1 Å². The summed E-state index contributed by atoms with van der Waals surface area (Å²) < 4.78 is 0.920. The van der Waals surface area contributed by atoms with Crippen molar-refractivity contribution in [2.75, 3.05) is 5.32 Å². The molecule has 2 aromatic rings. The Labute approximate surface area is 119 Å². The van der Waals surface area contributed by atoms with E-state index in [9.17, 15) is 4.79 Å². The summed E-state index contributed by atoms with van der Waals surface area (Å²) in [5, 5.41) is 10.7. The zero-order chi connectivity index (χ0) is 13.2. The molecule has 1 saturated carbocycles. The molecule has 6 heteroatoms. The summed E-state index contributed by atoms with van der Waals surface area (Å²) in [5.41, 5.74) is 2.57. The minimum Gasteiger partial charge on any atom is -0.326 e. The maximum Gasteiger partial charge on any atom is 0.227 e. The number of carbonyl (C=O) groups excluding carboxylic acids is 1. The van der Waals surface area contributed by atoms with Crippen molar-refractivity contribution in [2.45, 2.75) is 22.6 Å². The summed E-state index contributed by atoms with van der Waals surface area (Å²) in [5.74, 6) is 0.875. The molecule has 4 nitrogen and oxygen atoms in total. The standard InChI is InChI=1S/C13H13N3OS2/c1-8-6-11(8)12(17)15-9-2-4-10(5-3-9)19-13-16-14-7-18-13/h2-5,7-8,11H,6H2,1H3,(H,15,17)/t8-,11-/m1/s1. The topological polar surface area (TPSA) is 54.9 Å². The molecule has 1 fully saturated rings. The molecular weight excluding hydrogens is 278 g/mol. The Bertz CT molecular complexity index is 568. The van der Waals surface area contributed by atoms with E-state index in [2.05, 4.69) is 22.4 Å². The lowest BCUT2D eigenvalue weighted by Gasteiger charge is -2.05. The molecule has 19 heavy (non-hydrogen) atoms. The van der Waals surface area contributed by atoms with Crippen LogP contribution >= 0.6 is 23.1 Å². The Morgan fingerprint density at radius 1 is 1.42 bits per heavy atom. The number of hydrogen-bond donors (Lipinski definition) is 1. The molecule has 1 aliphatic carbocycles. The van der Waals surface area contributed by atoms with Gasteiger partial charge in [-0.15, -0.1) is 10.2 Å². The van der Waals surface area contributed by atoms with E-state index >= 15 is 0 Å². The molecule has 0 radical (unpaired) electrons. The van der Waals surface area contributed by atoms with Crippen LogP contribution in [-0.2, 0) is 4.79 Å². The third-order valence-corrected chi connectivity index (χ3v) is 4.90. The van der Waals surface area contributed by atoms with Gasteiger partial charge in [0.25, 0.3) is 0 Å². The van der Waals surface area contributed by atoms with Crippen LogP contribution in [0.3, 0.4) is 0 Å². The van der Waals surface area contributed by atoms with E-state index in [1.165, 1.54) is 11.3 Å². The van der Waals surface area contributed by atoms with E-state index in [0.717, 1.165) is 21.3 Å². The van der Waals surface area contributed by atoms with Crippen LogP contribution in [0.15, 0.2) is 39.0 Å². The highest BCUT2D eigenvalue weighted by Crippen LogP contribution is 2.38. The Hall–Kier alpha value is -1.40. The Balaban J connectivity index is 1.61. The zero-order valence-electron chi connectivity index (χ0n) is 10.4. The highest BCUT2D eigenvalue weighted by molar-refractivity contribution is 8.01. The van der Waals surface area contributed by atoms with Gasteiger partial charge in [0, 0.05) is 16.5 Å². The predicted octanol–water partition coefficient (Wildman–Crippen LogP) is 3.28. The molecular formula is C13H13N3OS2. The molecule has 1 aromatic carbocycles. The Kier molecular flexibility index (Phi) is 3.52. The van der Waals surface area contributed by atoms with E-state index in [4.69, 9.17) is 0 Å². The maximum atomic E-state index is 11.8. The minimum absolute atomic E-state index is 0.136. The second kappa shape index (κ2) is 5.30. The molecule has 1 heterocycles. The fourth-order valence-corrected chi connectivity index (χ4v) is 3.29. The van der Waals surface area contributed by atoms with Crippen LogP contribution in [0.5, 0.6) is 0 Å². The normalized spacial score (nSPS) is 21.1. The molecule has 98 valence electrons. The number of amides is 1. The lowest BCUT2D eigenvalue weighted by molar-refractivity contribution is -0.117. The first kappa shape index (κ1) is 12.6. The van der Waals surface area contributed by atoms with Gasteiger partial charge in [-0.25, -0.2) is 0 Å². The van der Waals surface area contributed by atoms with Crippen LogP contribution in [0.4, 0.5) is 5.69 Å². The first-order valence-corrected chi connectivity index (χ1v) is 7.77. The summed E-state index contributed by atoms with van der Waals surface area (Å²) in [6.07, 6.45) is 1.01. The number of hydrogen-bond acceptors (Lipinski definition) is 5. The quantitative estimate of drug-likeness (QED) is 0.939. The van der Waals surface area contributed by atoms with Crippen LogP contribution in [0.1, 0.15) is 13.3 Å². The summed E-state index contributed by atoms with van der Waals surface area (Å²) in [7, 11) is 0. The highest BCUT2D eigenvalue weighted by atomic mass is 32.2. The molecule has 0 unspecified atom stereocenters. The first-order valence-electron chi connectivity index (χ1n) is 6.07. The van der Waals surface area contributed by atoms with Crippen molar-refractivity contribution in [1.82, 2.24) is 10.2 Å².